The van der Waals surface area contributed by atoms with Gasteiger partial charge in [-0.05, 0) is 66.9 Å². The van der Waals surface area contributed by atoms with Crippen LogP contribution in [0.25, 0.3) is 0 Å². The topological polar surface area (TPSA) is 70.1 Å². The maximum Gasteiger partial charge on any atom is 0.264 e. The Kier molecular flexibility index (Phi) is 6.85. The highest BCUT2D eigenvalue weighted by Crippen LogP contribution is 2.32. The Bertz CT molecular complexity index is 1180. The predicted octanol–water partition coefficient (Wildman–Crippen LogP) is 4.40. The predicted molar refractivity (Wildman–Crippen MR) is 125 cm³/mol. The lowest BCUT2D eigenvalue weighted by Gasteiger charge is -2.39. The molecule has 0 aliphatic carbocycles. The van der Waals surface area contributed by atoms with Gasteiger partial charge < -0.3 is 9.84 Å². The molecule has 6 nitrogen and oxygen atoms in total. The highest BCUT2D eigenvalue weighted by molar-refractivity contribution is 7.92. The number of hydrogen-bond donors (Lipinski definition) is 1. The van der Waals surface area contributed by atoms with Gasteiger partial charge in [-0.1, -0.05) is 24.3 Å². The summed E-state index contributed by atoms with van der Waals surface area (Å²) in [5.41, 5.74) is 1.62. The van der Waals surface area contributed by atoms with Gasteiger partial charge in [0.15, 0.2) is 11.5 Å². The molecule has 1 N–H and O–H groups in total. The molecule has 33 heavy (non-hydrogen) atoms. The second-order valence-electron chi connectivity index (χ2n) is 8.10. The number of phenolic OH excluding ortho intramolecular Hbond substituents is 1. The molecular weight excluding hydrogens is 443 g/mol. The molecule has 0 aromatic heterocycles. The van der Waals surface area contributed by atoms with Gasteiger partial charge in [0.05, 0.1) is 17.7 Å². The van der Waals surface area contributed by atoms with Gasteiger partial charge in [0.2, 0.25) is 0 Å². The Morgan fingerprint density at radius 3 is 2.33 bits per heavy atom. The monoisotopic (exact) mass is 470 g/mol. The van der Waals surface area contributed by atoms with Gasteiger partial charge in [-0.2, -0.15) is 0 Å². The number of rotatable bonds is 7. The number of para-hydroxylation sites is 1. The van der Waals surface area contributed by atoms with Crippen LogP contribution >= 0.6 is 0 Å². The van der Waals surface area contributed by atoms with Gasteiger partial charge in [0, 0.05) is 25.7 Å². The van der Waals surface area contributed by atoms with E-state index in [9.17, 15) is 17.9 Å². The Hall–Kier alpha value is -3.10. The van der Waals surface area contributed by atoms with Crippen molar-refractivity contribution in [2.45, 2.75) is 30.3 Å². The number of likely N-dealkylation sites (tertiary alicyclic amines) is 1. The number of phenols is 1. The number of hydrogen-bond acceptors (Lipinski definition) is 5. The standard InChI is InChI=1S/C25H27FN2O4S/c1-32-25-17-19(7-12-24(25)29)18-27-15-13-22(14-16-27)28(21-5-3-2-4-6-21)33(30,31)23-10-8-20(26)9-11-23/h2-12,17,22,29H,13-16,18H2,1H3. The second kappa shape index (κ2) is 9.80. The zero-order valence-electron chi connectivity index (χ0n) is 18.4. The molecule has 1 aliphatic rings. The third kappa shape index (κ3) is 5.12. The Balaban J connectivity index is 1.53. The van der Waals surface area contributed by atoms with Crippen molar-refractivity contribution in [3.05, 3.63) is 84.2 Å². The first-order chi connectivity index (χ1) is 15.9. The van der Waals surface area contributed by atoms with Crippen molar-refractivity contribution >= 4 is 15.7 Å². The van der Waals surface area contributed by atoms with Crippen molar-refractivity contribution in [1.29, 1.82) is 0 Å². The van der Waals surface area contributed by atoms with E-state index in [1.165, 1.54) is 35.7 Å². The third-order valence-electron chi connectivity index (χ3n) is 5.92. The van der Waals surface area contributed by atoms with Gasteiger partial charge in [-0.3, -0.25) is 9.21 Å². The quantitative estimate of drug-likeness (QED) is 0.554. The van der Waals surface area contributed by atoms with Gasteiger partial charge >= 0.3 is 0 Å². The molecule has 0 bridgehead atoms. The highest BCUT2D eigenvalue weighted by Gasteiger charge is 2.34. The average Bonchev–Trinajstić information content (AvgIpc) is 2.82. The fourth-order valence-electron chi connectivity index (χ4n) is 4.23. The van der Waals surface area contributed by atoms with Crippen molar-refractivity contribution < 1.29 is 22.7 Å². The maximum atomic E-state index is 13.6. The van der Waals surface area contributed by atoms with Crippen LogP contribution in [-0.2, 0) is 16.6 Å². The van der Waals surface area contributed by atoms with E-state index < -0.39 is 15.8 Å². The number of sulfonamides is 1. The fourth-order valence-corrected chi connectivity index (χ4v) is 5.94. The largest absolute Gasteiger partial charge is 0.504 e. The van der Waals surface area contributed by atoms with Gasteiger partial charge in [-0.25, -0.2) is 12.8 Å². The first-order valence-corrected chi connectivity index (χ1v) is 12.3. The maximum absolute atomic E-state index is 13.6. The van der Waals surface area contributed by atoms with Crippen molar-refractivity contribution in [2.24, 2.45) is 0 Å². The molecule has 0 radical (unpaired) electrons. The van der Waals surface area contributed by atoms with Gasteiger partial charge in [0.1, 0.15) is 5.82 Å². The van der Waals surface area contributed by atoms with E-state index in [-0.39, 0.29) is 16.7 Å². The number of methoxy groups -OCH3 is 1. The lowest BCUT2D eigenvalue weighted by Crippen LogP contribution is -2.47. The lowest BCUT2D eigenvalue weighted by atomic mass is 10.0. The third-order valence-corrected chi connectivity index (χ3v) is 7.81. The second-order valence-corrected chi connectivity index (χ2v) is 9.92. The number of ether oxygens (including phenoxy) is 1. The minimum absolute atomic E-state index is 0.0753. The van der Waals surface area contributed by atoms with Crippen LogP contribution in [0.1, 0.15) is 18.4 Å². The van der Waals surface area contributed by atoms with Crippen LogP contribution in [0, 0.1) is 5.82 Å². The number of aromatic hydroxyl groups is 1. The van der Waals surface area contributed by atoms with Crippen LogP contribution < -0.4 is 9.04 Å². The van der Waals surface area contributed by atoms with Crippen LogP contribution in [0.4, 0.5) is 10.1 Å². The molecule has 3 aromatic rings. The molecule has 0 unspecified atom stereocenters. The number of anilines is 1. The van der Waals surface area contributed by atoms with Crippen molar-refractivity contribution in [2.75, 3.05) is 24.5 Å². The molecule has 0 atom stereocenters. The summed E-state index contributed by atoms with van der Waals surface area (Å²) < 4.78 is 47.2. The first kappa shape index (κ1) is 23.1. The average molecular weight is 471 g/mol. The Morgan fingerprint density at radius 2 is 1.70 bits per heavy atom. The van der Waals surface area contributed by atoms with Crippen LogP contribution in [0.3, 0.4) is 0 Å². The molecule has 174 valence electrons. The normalized spacial score (nSPS) is 15.3. The number of halogens is 1. The van der Waals surface area contributed by atoms with E-state index in [2.05, 4.69) is 4.90 Å². The Morgan fingerprint density at radius 1 is 1.03 bits per heavy atom. The summed E-state index contributed by atoms with van der Waals surface area (Å²) in [6.45, 7) is 2.12. The van der Waals surface area contributed by atoms with Gasteiger partial charge in [0.25, 0.3) is 10.0 Å². The van der Waals surface area contributed by atoms with Crippen molar-refractivity contribution in [3.63, 3.8) is 0 Å². The molecule has 1 fully saturated rings. The first-order valence-electron chi connectivity index (χ1n) is 10.8. The zero-order chi connectivity index (χ0) is 23.4. The summed E-state index contributed by atoms with van der Waals surface area (Å²) in [4.78, 5) is 2.34. The summed E-state index contributed by atoms with van der Waals surface area (Å²) in [5.74, 6) is 0.0619. The summed E-state index contributed by atoms with van der Waals surface area (Å²) in [5, 5.41) is 9.81. The zero-order valence-corrected chi connectivity index (χ0v) is 19.2. The van der Waals surface area contributed by atoms with E-state index in [0.717, 1.165) is 18.7 Å². The smallest absolute Gasteiger partial charge is 0.264 e. The van der Waals surface area contributed by atoms with Crippen LogP contribution in [0.15, 0.2) is 77.7 Å². The minimum Gasteiger partial charge on any atom is -0.504 e. The van der Waals surface area contributed by atoms with Gasteiger partial charge in [-0.15, -0.1) is 0 Å². The van der Waals surface area contributed by atoms with E-state index in [1.54, 1.807) is 18.2 Å². The lowest BCUT2D eigenvalue weighted by molar-refractivity contribution is 0.206. The molecule has 0 amide bonds. The van der Waals surface area contributed by atoms with E-state index in [1.807, 2.05) is 30.3 Å². The summed E-state index contributed by atoms with van der Waals surface area (Å²) >= 11 is 0. The van der Waals surface area contributed by atoms with Crippen molar-refractivity contribution in [3.8, 4) is 11.5 Å². The molecule has 8 heteroatoms. The minimum atomic E-state index is -3.86. The number of piperidine rings is 1. The SMILES string of the molecule is COc1cc(CN2CCC(N(c3ccccc3)S(=O)(=O)c3ccc(F)cc3)CC2)ccc1O. The number of nitrogens with zero attached hydrogens (tertiary/aromatic N) is 2. The molecule has 0 saturated carbocycles. The summed E-state index contributed by atoms with van der Waals surface area (Å²) in [6.07, 6.45) is 1.31. The van der Waals surface area contributed by atoms with Crippen molar-refractivity contribution in [1.82, 2.24) is 4.90 Å². The molecule has 4 rings (SSSR count). The summed E-state index contributed by atoms with van der Waals surface area (Å²) in [6, 6.07) is 19.1. The van der Waals surface area contributed by atoms with E-state index in [0.29, 0.717) is 30.8 Å². The fraction of sp³-hybridized carbons (Fsp3) is 0.280. The number of benzene rings is 3. The molecule has 1 aliphatic heterocycles. The Labute approximate surface area is 193 Å². The molecule has 1 heterocycles. The van der Waals surface area contributed by atoms with Crippen LogP contribution in [0.2, 0.25) is 0 Å². The van der Waals surface area contributed by atoms with Crippen LogP contribution in [0.5, 0.6) is 11.5 Å². The molecular formula is C25H27FN2O4S. The molecule has 3 aromatic carbocycles. The molecule has 0 spiro atoms. The highest BCUT2D eigenvalue weighted by atomic mass is 32.2. The van der Waals surface area contributed by atoms with Crippen LogP contribution in [-0.4, -0.2) is 44.7 Å². The van der Waals surface area contributed by atoms with E-state index in [4.69, 9.17) is 4.74 Å². The summed E-state index contributed by atoms with van der Waals surface area (Å²) in [7, 11) is -2.34. The van der Waals surface area contributed by atoms with E-state index >= 15 is 0 Å². The molecule has 1 saturated heterocycles.